The molecule has 1 rings (SSSR count). The molecule has 1 fully saturated rings. The molecular weight excluding hydrogens is 246 g/mol. The second-order valence-corrected chi connectivity index (χ2v) is 6.53. The Bertz CT molecular complexity index is 307. The fourth-order valence-corrected chi connectivity index (χ4v) is 3.02. The van der Waals surface area contributed by atoms with E-state index in [0.29, 0.717) is 5.92 Å². The number of unbranched alkanes of at least 4 members (excludes halogenated alkanes) is 1. The highest BCUT2D eigenvalue weighted by molar-refractivity contribution is 5.13. The van der Waals surface area contributed by atoms with Gasteiger partial charge in [0, 0.05) is 0 Å². The first-order chi connectivity index (χ1) is 9.57. The lowest BCUT2D eigenvalue weighted by Crippen LogP contribution is -2.31. The topological polar surface area (TPSA) is 23.5 Å². The molecule has 0 spiro atoms. The monoisotopic (exact) mass is 279 g/mol. The van der Waals surface area contributed by atoms with Crippen LogP contribution in [0.15, 0.2) is 0 Å². The Hall–Kier alpha value is -0.520. The average molecular weight is 279 g/mol. The fourth-order valence-electron chi connectivity index (χ4n) is 3.02. The van der Waals surface area contributed by atoms with Crippen LogP contribution >= 0.6 is 0 Å². The first-order valence-electron chi connectivity index (χ1n) is 8.52. The van der Waals surface area contributed by atoms with Gasteiger partial charge in [0.25, 0.3) is 0 Å². The number of hydrogen-bond donors (Lipinski definition) is 1. The second kappa shape index (κ2) is 9.42. The number of hydrogen-bond acceptors (Lipinski definition) is 2. The van der Waals surface area contributed by atoms with Crippen molar-refractivity contribution in [1.29, 1.82) is 0 Å². The lowest BCUT2D eigenvalue weighted by atomic mass is 9.87. The molecule has 2 nitrogen and oxygen atoms in total. The average Bonchev–Trinajstić information content (AvgIpc) is 2.44. The van der Waals surface area contributed by atoms with Crippen molar-refractivity contribution < 1.29 is 5.11 Å². The molecule has 1 saturated heterocycles. The van der Waals surface area contributed by atoms with Crippen LogP contribution in [0.3, 0.4) is 0 Å². The molecule has 116 valence electrons. The summed E-state index contributed by atoms with van der Waals surface area (Å²) in [5.74, 6) is 6.92. The van der Waals surface area contributed by atoms with Crippen LogP contribution in [0.4, 0.5) is 0 Å². The van der Waals surface area contributed by atoms with Crippen molar-refractivity contribution in [3.05, 3.63) is 0 Å². The number of rotatable bonds is 7. The largest absolute Gasteiger partial charge is 0.378 e. The van der Waals surface area contributed by atoms with Crippen LogP contribution in [0.25, 0.3) is 0 Å². The zero-order valence-electron chi connectivity index (χ0n) is 13.7. The minimum absolute atomic E-state index is 0.606. The highest BCUT2D eigenvalue weighted by atomic mass is 16.3. The third kappa shape index (κ3) is 7.31. The summed E-state index contributed by atoms with van der Waals surface area (Å²) < 4.78 is 0. The number of likely N-dealkylation sites (tertiary alicyclic amines) is 1. The first-order valence-corrected chi connectivity index (χ1v) is 8.52. The van der Waals surface area contributed by atoms with Gasteiger partial charge in [-0.2, -0.15) is 0 Å². The van der Waals surface area contributed by atoms with Crippen molar-refractivity contribution in [2.45, 2.75) is 77.7 Å². The molecule has 1 aliphatic heterocycles. The van der Waals surface area contributed by atoms with Crippen molar-refractivity contribution in [2.24, 2.45) is 5.92 Å². The van der Waals surface area contributed by atoms with E-state index in [4.69, 9.17) is 0 Å². The minimum Gasteiger partial charge on any atom is -0.378 e. The van der Waals surface area contributed by atoms with Gasteiger partial charge in [0.1, 0.15) is 5.60 Å². The Morgan fingerprint density at radius 1 is 1.20 bits per heavy atom. The normalized spacial score (nSPS) is 20.8. The molecule has 0 aromatic heterocycles. The van der Waals surface area contributed by atoms with Crippen LogP contribution in [0.1, 0.15) is 72.1 Å². The summed E-state index contributed by atoms with van der Waals surface area (Å²) in [6.45, 7) is 9.49. The highest BCUT2D eigenvalue weighted by Gasteiger charge is 2.22. The van der Waals surface area contributed by atoms with Gasteiger partial charge < -0.3 is 5.11 Å². The molecule has 1 N–H and O–H groups in total. The summed E-state index contributed by atoms with van der Waals surface area (Å²) in [7, 11) is 0. The van der Waals surface area contributed by atoms with Crippen LogP contribution in [0.5, 0.6) is 0 Å². The Balaban J connectivity index is 2.38. The van der Waals surface area contributed by atoms with Crippen LogP contribution < -0.4 is 0 Å². The summed E-state index contributed by atoms with van der Waals surface area (Å²) in [6, 6.07) is 0. The van der Waals surface area contributed by atoms with Crippen LogP contribution in [-0.4, -0.2) is 35.2 Å². The van der Waals surface area contributed by atoms with Crippen molar-refractivity contribution in [3.8, 4) is 11.8 Å². The van der Waals surface area contributed by atoms with E-state index in [1.165, 1.54) is 51.6 Å². The quantitative estimate of drug-likeness (QED) is 0.716. The summed E-state index contributed by atoms with van der Waals surface area (Å²) >= 11 is 0. The molecule has 1 aliphatic rings. The molecule has 2 heteroatoms. The summed E-state index contributed by atoms with van der Waals surface area (Å²) in [5.41, 5.74) is -0.815. The van der Waals surface area contributed by atoms with Gasteiger partial charge in [0.15, 0.2) is 0 Å². The van der Waals surface area contributed by atoms with Gasteiger partial charge in [0.2, 0.25) is 0 Å². The molecule has 0 aromatic carbocycles. The summed E-state index contributed by atoms with van der Waals surface area (Å²) in [6.07, 6.45) is 9.63. The Kier molecular flexibility index (Phi) is 8.26. The lowest BCUT2D eigenvalue weighted by Gasteiger charge is -2.25. The van der Waals surface area contributed by atoms with E-state index in [9.17, 15) is 5.11 Å². The summed E-state index contributed by atoms with van der Waals surface area (Å²) in [5, 5.41) is 10.5. The van der Waals surface area contributed by atoms with Gasteiger partial charge in [-0.15, -0.1) is 0 Å². The molecule has 0 bridgehead atoms. The molecule has 2 unspecified atom stereocenters. The molecule has 1 heterocycles. The highest BCUT2D eigenvalue weighted by Crippen LogP contribution is 2.23. The standard InChI is InChI=1S/C18H33NO/c1-4-6-11-17(5-2)16-18(3,20)12-10-15-19-13-8-7-9-14-19/h17,20H,4-9,11,13-16H2,1-3H3. The third-order valence-corrected chi connectivity index (χ3v) is 4.34. The van der Waals surface area contributed by atoms with E-state index in [0.717, 1.165) is 19.4 Å². The number of aliphatic hydroxyl groups is 1. The van der Waals surface area contributed by atoms with E-state index in [-0.39, 0.29) is 0 Å². The van der Waals surface area contributed by atoms with Crippen LogP contribution in [0.2, 0.25) is 0 Å². The zero-order chi connectivity index (χ0) is 14.8. The van der Waals surface area contributed by atoms with Gasteiger partial charge in [0.05, 0.1) is 6.54 Å². The van der Waals surface area contributed by atoms with Gasteiger partial charge in [-0.3, -0.25) is 4.90 Å². The molecule has 2 atom stereocenters. The maximum absolute atomic E-state index is 10.5. The van der Waals surface area contributed by atoms with E-state index >= 15 is 0 Å². The molecular formula is C18H33NO. The second-order valence-electron chi connectivity index (χ2n) is 6.53. The van der Waals surface area contributed by atoms with Gasteiger partial charge in [-0.1, -0.05) is 57.8 Å². The first kappa shape index (κ1) is 17.5. The Morgan fingerprint density at radius 2 is 1.90 bits per heavy atom. The van der Waals surface area contributed by atoms with E-state index in [1.54, 1.807) is 0 Å². The van der Waals surface area contributed by atoms with Crippen molar-refractivity contribution >= 4 is 0 Å². The maximum Gasteiger partial charge on any atom is 0.123 e. The predicted octanol–water partition coefficient (Wildman–Crippen LogP) is 3.83. The van der Waals surface area contributed by atoms with E-state index in [2.05, 4.69) is 30.6 Å². The molecule has 0 aliphatic carbocycles. The lowest BCUT2D eigenvalue weighted by molar-refractivity contribution is 0.0879. The smallest absolute Gasteiger partial charge is 0.123 e. The molecule has 20 heavy (non-hydrogen) atoms. The zero-order valence-corrected chi connectivity index (χ0v) is 13.7. The number of piperidine rings is 1. The third-order valence-electron chi connectivity index (χ3n) is 4.34. The molecule has 0 aromatic rings. The molecule has 0 amide bonds. The maximum atomic E-state index is 10.5. The Labute approximate surface area is 125 Å². The van der Waals surface area contributed by atoms with Crippen molar-refractivity contribution in [1.82, 2.24) is 4.90 Å². The Morgan fingerprint density at radius 3 is 2.50 bits per heavy atom. The SMILES string of the molecule is CCCCC(CC)CC(C)(O)C#CCN1CCCCC1. The molecule has 0 saturated carbocycles. The van der Waals surface area contributed by atoms with Gasteiger partial charge in [-0.05, 0) is 45.2 Å². The molecule has 0 radical (unpaired) electrons. The number of nitrogens with zero attached hydrogens (tertiary/aromatic N) is 1. The van der Waals surface area contributed by atoms with Gasteiger partial charge in [-0.25, -0.2) is 0 Å². The van der Waals surface area contributed by atoms with Crippen LogP contribution in [0, 0.1) is 17.8 Å². The predicted molar refractivity (Wildman–Crippen MR) is 86.6 cm³/mol. The minimum atomic E-state index is -0.815. The van der Waals surface area contributed by atoms with Crippen LogP contribution in [-0.2, 0) is 0 Å². The summed E-state index contributed by atoms with van der Waals surface area (Å²) in [4.78, 5) is 2.40. The van der Waals surface area contributed by atoms with Crippen molar-refractivity contribution in [2.75, 3.05) is 19.6 Å². The van der Waals surface area contributed by atoms with Crippen molar-refractivity contribution in [3.63, 3.8) is 0 Å². The van der Waals surface area contributed by atoms with E-state index < -0.39 is 5.60 Å². The van der Waals surface area contributed by atoms with E-state index in [1.807, 2.05) is 6.92 Å². The fraction of sp³-hybridized carbons (Fsp3) is 0.889. The van der Waals surface area contributed by atoms with Gasteiger partial charge >= 0.3 is 0 Å².